The maximum absolute atomic E-state index is 4.40. The minimum atomic E-state index is 0.0754. The molecule has 1 rings (SSSR count). The van der Waals surface area contributed by atoms with Crippen LogP contribution in [0.25, 0.3) is 12.3 Å². The van der Waals surface area contributed by atoms with Crippen LogP contribution < -0.4 is 0 Å². The van der Waals surface area contributed by atoms with Crippen molar-refractivity contribution in [2.75, 3.05) is 0 Å². The predicted molar refractivity (Wildman–Crippen MR) is 57.4 cm³/mol. The SMILES string of the molecule is C=Cc1cc(C(C)(C)C)nn1C=C. The van der Waals surface area contributed by atoms with Crippen LogP contribution >= 0.6 is 0 Å². The van der Waals surface area contributed by atoms with Gasteiger partial charge < -0.3 is 0 Å². The highest BCUT2D eigenvalue weighted by molar-refractivity contribution is 5.47. The average molecular weight is 176 g/mol. The Balaban J connectivity index is 3.21. The van der Waals surface area contributed by atoms with Crippen molar-refractivity contribution in [1.82, 2.24) is 9.78 Å². The number of nitrogens with zero attached hydrogens (tertiary/aromatic N) is 2. The molecule has 13 heavy (non-hydrogen) atoms. The zero-order chi connectivity index (χ0) is 10.1. The smallest absolute Gasteiger partial charge is 0.0688 e. The third-order valence-corrected chi connectivity index (χ3v) is 1.92. The van der Waals surface area contributed by atoms with Crippen molar-refractivity contribution < 1.29 is 0 Å². The van der Waals surface area contributed by atoms with Crippen LogP contribution in [0.4, 0.5) is 0 Å². The van der Waals surface area contributed by atoms with E-state index in [0.717, 1.165) is 11.4 Å². The molecule has 0 saturated carbocycles. The number of hydrogen-bond donors (Lipinski definition) is 0. The summed E-state index contributed by atoms with van der Waals surface area (Å²) >= 11 is 0. The quantitative estimate of drug-likeness (QED) is 0.677. The van der Waals surface area contributed by atoms with Crippen LogP contribution in [0.1, 0.15) is 32.2 Å². The monoisotopic (exact) mass is 176 g/mol. The Bertz CT molecular complexity index is 301. The van der Waals surface area contributed by atoms with Gasteiger partial charge in [-0.05, 0) is 12.1 Å². The molecule has 1 heterocycles. The molecule has 0 fully saturated rings. The van der Waals surface area contributed by atoms with E-state index in [1.54, 1.807) is 17.0 Å². The second-order valence-corrected chi connectivity index (χ2v) is 4.04. The van der Waals surface area contributed by atoms with E-state index < -0.39 is 0 Å². The molecule has 0 amide bonds. The lowest BCUT2D eigenvalue weighted by Crippen LogP contribution is -2.12. The van der Waals surface area contributed by atoms with Crippen LogP contribution in [-0.2, 0) is 5.41 Å². The third-order valence-electron chi connectivity index (χ3n) is 1.92. The Kier molecular flexibility index (Phi) is 2.41. The van der Waals surface area contributed by atoms with E-state index in [9.17, 15) is 0 Å². The molecule has 0 aromatic carbocycles. The van der Waals surface area contributed by atoms with Crippen molar-refractivity contribution in [3.63, 3.8) is 0 Å². The van der Waals surface area contributed by atoms with Gasteiger partial charge in [0.2, 0.25) is 0 Å². The van der Waals surface area contributed by atoms with Crippen molar-refractivity contribution >= 4 is 12.3 Å². The fraction of sp³-hybridized carbons (Fsp3) is 0.364. The summed E-state index contributed by atoms with van der Waals surface area (Å²) in [6.07, 6.45) is 3.47. The fourth-order valence-corrected chi connectivity index (χ4v) is 1.07. The standard InChI is InChI=1S/C11H16N2/c1-6-9-8-10(11(3,4)5)12-13(9)7-2/h6-8H,1-2H2,3-5H3. The van der Waals surface area contributed by atoms with Crippen LogP contribution in [0.5, 0.6) is 0 Å². The van der Waals surface area contributed by atoms with Gasteiger partial charge in [0, 0.05) is 11.6 Å². The lowest BCUT2D eigenvalue weighted by molar-refractivity contribution is 0.562. The lowest BCUT2D eigenvalue weighted by Gasteiger charge is -2.13. The summed E-state index contributed by atoms with van der Waals surface area (Å²) in [5, 5.41) is 4.40. The van der Waals surface area contributed by atoms with E-state index in [0.29, 0.717) is 0 Å². The van der Waals surface area contributed by atoms with Crippen LogP contribution in [-0.4, -0.2) is 9.78 Å². The molecule has 0 unspecified atom stereocenters. The average Bonchev–Trinajstić information content (AvgIpc) is 2.45. The first-order chi connectivity index (χ1) is 5.99. The van der Waals surface area contributed by atoms with Crippen molar-refractivity contribution in [3.05, 3.63) is 30.6 Å². The Morgan fingerprint density at radius 1 is 1.38 bits per heavy atom. The molecule has 70 valence electrons. The molecule has 0 N–H and O–H groups in total. The Morgan fingerprint density at radius 3 is 2.31 bits per heavy atom. The van der Waals surface area contributed by atoms with Gasteiger partial charge in [-0.1, -0.05) is 33.9 Å². The van der Waals surface area contributed by atoms with Crippen molar-refractivity contribution in [1.29, 1.82) is 0 Å². The van der Waals surface area contributed by atoms with Crippen molar-refractivity contribution in [3.8, 4) is 0 Å². The summed E-state index contributed by atoms with van der Waals surface area (Å²) in [6.45, 7) is 13.8. The molecule has 0 atom stereocenters. The topological polar surface area (TPSA) is 17.8 Å². The normalized spacial score (nSPS) is 11.3. The van der Waals surface area contributed by atoms with Gasteiger partial charge in [-0.25, -0.2) is 4.68 Å². The second-order valence-electron chi connectivity index (χ2n) is 4.04. The molecule has 0 bridgehead atoms. The lowest BCUT2D eigenvalue weighted by atomic mass is 9.92. The summed E-state index contributed by atoms with van der Waals surface area (Å²) in [6, 6.07) is 2.04. The Morgan fingerprint density at radius 2 is 2.00 bits per heavy atom. The fourth-order valence-electron chi connectivity index (χ4n) is 1.07. The van der Waals surface area contributed by atoms with E-state index in [1.807, 2.05) is 6.07 Å². The van der Waals surface area contributed by atoms with E-state index in [1.165, 1.54) is 0 Å². The summed E-state index contributed by atoms with van der Waals surface area (Å²) in [5.41, 5.74) is 2.12. The van der Waals surface area contributed by atoms with E-state index in [-0.39, 0.29) is 5.41 Å². The first kappa shape index (κ1) is 9.78. The largest absolute Gasteiger partial charge is 0.241 e. The zero-order valence-corrected chi connectivity index (χ0v) is 8.54. The highest BCUT2D eigenvalue weighted by Gasteiger charge is 2.18. The molecule has 0 saturated heterocycles. The molecular weight excluding hydrogens is 160 g/mol. The minimum Gasteiger partial charge on any atom is -0.241 e. The molecule has 0 radical (unpaired) electrons. The number of hydrogen-bond acceptors (Lipinski definition) is 1. The van der Waals surface area contributed by atoms with Gasteiger partial charge in [0.25, 0.3) is 0 Å². The highest BCUT2D eigenvalue weighted by Crippen LogP contribution is 2.22. The first-order valence-electron chi connectivity index (χ1n) is 4.34. The molecule has 0 spiro atoms. The third kappa shape index (κ3) is 1.89. The molecule has 2 heteroatoms. The molecule has 0 aliphatic heterocycles. The van der Waals surface area contributed by atoms with E-state index in [2.05, 4.69) is 39.0 Å². The van der Waals surface area contributed by atoms with Crippen LogP contribution in [0.2, 0.25) is 0 Å². The highest BCUT2D eigenvalue weighted by atomic mass is 15.3. The van der Waals surface area contributed by atoms with Gasteiger partial charge in [-0.3, -0.25) is 0 Å². The molecule has 0 aliphatic rings. The minimum absolute atomic E-state index is 0.0754. The Labute approximate surface area is 79.6 Å². The maximum Gasteiger partial charge on any atom is 0.0688 e. The van der Waals surface area contributed by atoms with E-state index in [4.69, 9.17) is 0 Å². The number of rotatable bonds is 2. The molecule has 2 nitrogen and oxygen atoms in total. The second kappa shape index (κ2) is 3.21. The zero-order valence-electron chi connectivity index (χ0n) is 8.54. The van der Waals surface area contributed by atoms with Gasteiger partial charge in [0.05, 0.1) is 11.4 Å². The summed E-state index contributed by atoms with van der Waals surface area (Å²) in [5.74, 6) is 0. The van der Waals surface area contributed by atoms with Crippen molar-refractivity contribution in [2.45, 2.75) is 26.2 Å². The number of aromatic nitrogens is 2. The molecule has 1 aromatic rings. The Hall–Kier alpha value is -1.31. The molecule has 1 aromatic heterocycles. The van der Waals surface area contributed by atoms with Gasteiger partial charge in [-0.15, -0.1) is 0 Å². The maximum atomic E-state index is 4.40. The molecular formula is C11H16N2. The predicted octanol–water partition coefficient (Wildman–Crippen LogP) is 2.92. The van der Waals surface area contributed by atoms with Crippen LogP contribution in [0.3, 0.4) is 0 Å². The summed E-state index contributed by atoms with van der Waals surface area (Å²) < 4.78 is 1.74. The van der Waals surface area contributed by atoms with Gasteiger partial charge in [0.15, 0.2) is 0 Å². The summed E-state index contributed by atoms with van der Waals surface area (Å²) in [7, 11) is 0. The van der Waals surface area contributed by atoms with Crippen LogP contribution in [0, 0.1) is 0 Å². The van der Waals surface area contributed by atoms with Crippen LogP contribution in [0.15, 0.2) is 19.2 Å². The van der Waals surface area contributed by atoms with Gasteiger partial charge in [-0.2, -0.15) is 5.10 Å². The molecule has 0 aliphatic carbocycles. The van der Waals surface area contributed by atoms with Gasteiger partial charge >= 0.3 is 0 Å². The first-order valence-corrected chi connectivity index (χ1v) is 4.34. The van der Waals surface area contributed by atoms with Crippen molar-refractivity contribution in [2.24, 2.45) is 0 Å². The van der Waals surface area contributed by atoms with Gasteiger partial charge in [0.1, 0.15) is 0 Å². The van der Waals surface area contributed by atoms with E-state index >= 15 is 0 Å². The summed E-state index contributed by atoms with van der Waals surface area (Å²) in [4.78, 5) is 0.